The van der Waals surface area contributed by atoms with E-state index in [0.29, 0.717) is 5.69 Å². The molecule has 7 aromatic carbocycles. The molecule has 0 bridgehead atoms. The third-order valence-corrected chi connectivity index (χ3v) is 11.8. The number of hydrogen-bond donors (Lipinski definition) is 0. The lowest BCUT2D eigenvalue weighted by Gasteiger charge is -2.10. The minimum Gasteiger partial charge on any atom is -0.308 e. The molecule has 0 fully saturated rings. The maximum absolute atomic E-state index is 8.21. The van der Waals surface area contributed by atoms with Crippen LogP contribution >= 0.6 is 22.7 Å². The summed E-state index contributed by atoms with van der Waals surface area (Å²) in [6.45, 7) is 8.21. The van der Waals surface area contributed by atoms with Crippen LogP contribution in [0.4, 0.5) is 5.69 Å². The molecule has 10 rings (SSSR count). The lowest BCUT2D eigenvalue weighted by molar-refractivity contribution is 1.20. The van der Waals surface area contributed by atoms with Crippen LogP contribution in [0.5, 0.6) is 0 Å². The highest BCUT2D eigenvalue weighted by Crippen LogP contribution is 2.46. The van der Waals surface area contributed by atoms with Crippen LogP contribution in [0.2, 0.25) is 0 Å². The number of benzene rings is 7. The fourth-order valence-corrected chi connectivity index (χ4v) is 9.63. The van der Waals surface area contributed by atoms with E-state index < -0.39 is 0 Å². The van der Waals surface area contributed by atoms with Gasteiger partial charge in [0.2, 0.25) is 5.69 Å². The Kier molecular flexibility index (Phi) is 5.71. The average molecular weight is 633 g/mol. The maximum atomic E-state index is 8.21. The summed E-state index contributed by atoms with van der Waals surface area (Å²) in [5.41, 5.74) is 8.83. The van der Waals surface area contributed by atoms with Gasteiger partial charge in [-0.25, -0.2) is 4.85 Å². The summed E-state index contributed by atoms with van der Waals surface area (Å²) >= 11 is 3.56. The molecule has 0 saturated carbocycles. The third-order valence-electron chi connectivity index (χ3n) is 9.41. The van der Waals surface area contributed by atoms with Crippen molar-refractivity contribution in [1.82, 2.24) is 4.57 Å². The highest BCUT2D eigenvalue weighted by atomic mass is 32.1. The van der Waals surface area contributed by atoms with Crippen molar-refractivity contribution in [3.8, 4) is 27.9 Å². The molecule has 0 aliphatic carbocycles. The van der Waals surface area contributed by atoms with Gasteiger partial charge < -0.3 is 4.57 Å². The van der Waals surface area contributed by atoms with E-state index in [-0.39, 0.29) is 0 Å². The summed E-state index contributed by atoms with van der Waals surface area (Å²) in [5, 5.41) is 7.38. The average Bonchev–Trinajstić information content (AvgIpc) is 3.80. The van der Waals surface area contributed by atoms with Crippen molar-refractivity contribution in [1.29, 1.82) is 0 Å². The normalized spacial score (nSPS) is 11.8. The van der Waals surface area contributed by atoms with Gasteiger partial charge in [0.05, 0.1) is 28.0 Å². The van der Waals surface area contributed by atoms with E-state index in [9.17, 15) is 0 Å². The Balaban J connectivity index is 1.22. The molecule has 0 radical (unpaired) electrons. The molecule has 3 heterocycles. The Morgan fingerprint density at radius 3 is 2.00 bits per heavy atom. The molecule has 10 aromatic rings. The quantitative estimate of drug-likeness (QED) is 0.171. The first-order valence-corrected chi connectivity index (χ1v) is 17.3. The molecule has 0 amide bonds. The first-order chi connectivity index (χ1) is 23.2. The molecule has 0 saturated heterocycles. The van der Waals surface area contributed by atoms with Gasteiger partial charge in [0.15, 0.2) is 0 Å². The number of thiophene rings is 2. The number of para-hydroxylation sites is 1. The van der Waals surface area contributed by atoms with Crippen molar-refractivity contribution in [2.75, 3.05) is 0 Å². The van der Waals surface area contributed by atoms with Gasteiger partial charge in [0, 0.05) is 41.0 Å². The molecule has 0 unspecified atom stereocenters. The minimum atomic E-state index is 0.703. The molecule has 218 valence electrons. The molecule has 0 aliphatic rings. The van der Waals surface area contributed by atoms with Crippen molar-refractivity contribution in [2.24, 2.45) is 0 Å². The van der Waals surface area contributed by atoms with Crippen molar-refractivity contribution in [3.05, 3.63) is 157 Å². The molecule has 2 nitrogen and oxygen atoms in total. The summed E-state index contributed by atoms with van der Waals surface area (Å²) in [6, 6.07) is 52.4. The molecule has 0 atom stereocenters. The number of nitrogens with zero attached hydrogens (tertiary/aromatic N) is 2. The lowest BCUT2D eigenvalue weighted by Crippen LogP contribution is -1.94. The van der Waals surface area contributed by atoms with Crippen LogP contribution in [0.15, 0.2) is 146 Å². The van der Waals surface area contributed by atoms with E-state index in [0.717, 1.165) is 26.9 Å². The van der Waals surface area contributed by atoms with Gasteiger partial charge in [-0.1, -0.05) is 103 Å². The Labute approximate surface area is 278 Å². The standard InChI is InChI=1S/C43H24N2S2/c1-44-36-23-29(28-19-21-33-32-13-6-8-17-40(32)46-41(33)25-28)22-35-34-14-9-16-38(43(34)47-42(35)36)45-37-15-7-5-12-30(37)31-20-18-27(24-39(31)45)26-10-3-2-4-11-26/h2-25H. The van der Waals surface area contributed by atoms with E-state index in [2.05, 4.69) is 155 Å². The van der Waals surface area contributed by atoms with Crippen LogP contribution in [0.3, 0.4) is 0 Å². The molecular weight excluding hydrogens is 609 g/mol. The van der Waals surface area contributed by atoms with E-state index >= 15 is 0 Å². The monoisotopic (exact) mass is 632 g/mol. The first kappa shape index (κ1) is 26.5. The van der Waals surface area contributed by atoms with Gasteiger partial charge in [-0.15, -0.1) is 22.7 Å². The molecule has 0 aliphatic heterocycles. The van der Waals surface area contributed by atoms with Crippen LogP contribution in [0.25, 0.3) is 94.9 Å². The van der Waals surface area contributed by atoms with Gasteiger partial charge in [-0.05, 0) is 70.1 Å². The number of rotatable bonds is 3. The summed E-state index contributed by atoms with van der Waals surface area (Å²) in [5.74, 6) is 0. The van der Waals surface area contributed by atoms with Gasteiger partial charge in [0.25, 0.3) is 0 Å². The van der Waals surface area contributed by atoms with Crippen molar-refractivity contribution < 1.29 is 0 Å². The first-order valence-electron chi connectivity index (χ1n) is 15.6. The highest BCUT2D eigenvalue weighted by molar-refractivity contribution is 7.27. The molecular formula is C43H24N2S2. The zero-order chi connectivity index (χ0) is 31.1. The second-order valence-electron chi connectivity index (χ2n) is 12.0. The van der Waals surface area contributed by atoms with Crippen LogP contribution in [-0.2, 0) is 0 Å². The van der Waals surface area contributed by atoms with Crippen LogP contribution in [0.1, 0.15) is 0 Å². The maximum Gasteiger partial charge on any atom is 0.205 e. The minimum absolute atomic E-state index is 0.703. The topological polar surface area (TPSA) is 9.29 Å². The van der Waals surface area contributed by atoms with Gasteiger partial charge in [-0.2, -0.15) is 0 Å². The zero-order valence-electron chi connectivity index (χ0n) is 25.1. The Bertz CT molecular complexity index is 2920. The van der Waals surface area contributed by atoms with Crippen LogP contribution in [0, 0.1) is 6.57 Å². The van der Waals surface area contributed by atoms with Gasteiger partial charge in [0.1, 0.15) is 0 Å². The lowest BCUT2D eigenvalue weighted by atomic mass is 10.0. The van der Waals surface area contributed by atoms with Crippen molar-refractivity contribution >= 4 is 90.5 Å². The predicted octanol–water partition coefficient (Wildman–Crippen LogP) is 13.4. The van der Waals surface area contributed by atoms with Gasteiger partial charge in [-0.3, -0.25) is 0 Å². The molecule has 4 heteroatoms. The predicted molar refractivity (Wildman–Crippen MR) is 204 cm³/mol. The van der Waals surface area contributed by atoms with E-state index in [4.69, 9.17) is 6.57 Å². The smallest absolute Gasteiger partial charge is 0.205 e. The number of hydrogen-bond acceptors (Lipinski definition) is 2. The van der Waals surface area contributed by atoms with Crippen molar-refractivity contribution in [3.63, 3.8) is 0 Å². The Morgan fingerprint density at radius 2 is 1.13 bits per heavy atom. The van der Waals surface area contributed by atoms with Crippen molar-refractivity contribution in [2.45, 2.75) is 0 Å². The third kappa shape index (κ3) is 3.95. The van der Waals surface area contributed by atoms with E-state index in [1.54, 1.807) is 11.3 Å². The van der Waals surface area contributed by atoms with E-state index in [1.165, 1.54) is 63.2 Å². The Hall–Kier alpha value is -5.73. The fourth-order valence-electron chi connectivity index (χ4n) is 7.24. The summed E-state index contributed by atoms with van der Waals surface area (Å²) in [7, 11) is 0. The fraction of sp³-hybridized carbons (Fsp3) is 0. The summed E-state index contributed by atoms with van der Waals surface area (Å²) in [4.78, 5) is 4.07. The summed E-state index contributed by atoms with van der Waals surface area (Å²) in [6.07, 6.45) is 0. The molecule has 0 spiro atoms. The Morgan fingerprint density at radius 1 is 0.426 bits per heavy atom. The summed E-state index contributed by atoms with van der Waals surface area (Å²) < 4.78 is 7.22. The van der Waals surface area contributed by atoms with Gasteiger partial charge >= 0.3 is 0 Å². The SMILES string of the molecule is [C-]#[N+]c1cc(-c2ccc3c(c2)sc2ccccc23)cc2c1sc1c(-n3c4ccccc4c4ccc(-c5ccccc5)cc43)cccc12. The molecule has 3 aromatic heterocycles. The number of fused-ring (bicyclic) bond motifs is 9. The highest BCUT2D eigenvalue weighted by Gasteiger charge is 2.19. The van der Waals surface area contributed by atoms with Crippen LogP contribution in [-0.4, -0.2) is 4.57 Å². The second-order valence-corrected chi connectivity index (χ2v) is 14.1. The second kappa shape index (κ2) is 10.1. The van der Waals surface area contributed by atoms with Crippen LogP contribution < -0.4 is 0 Å². The largest absolute Gasteiger partial charge is 0.308 e. The van der Waals surface area contributed by atoms with E-state index in [1.807, 2.05) is 11.3 Å². The molecule has 0 N–H and O–H groups in total. The zero-order valence-corrected chi connectivity index (χ0v) is 26.7. The number of aromatic nitrogens is 1. The molecule has 47 heavy (non-hydrogen) atoms.